The molecule has 0 amide bonds. The third-order valence-corrected chi connectivity index (χ3v) is 4.96. The molecular weight excluding hydrogens is 378 g/mol. The van der Waals surface area contributed by atoms with Gasteiger partial charge in [-0.25, -0.2) is 4.79 Å². The molecule has 1 aromatic heterocycles. The van der Waals surface area contributed by atoms with Crippen LogP contribution in [0.15, 0.2) is 49.1 Å². The second-order valence-corrected chi connectivity index (χ2v) is 9.41. The van der Waals surface area contributed by atoms with E-state index in [0.29, 0.717) is 11.3 Å². The maximum absolute atomic E-state index is 11.6. The summed E-state index contributed by atoms with van der Waals surface area (Å²) >= 11 is 0. The predicted molar refractivity (Wildman–Crippen MR) is 118 cm³/mol. The van der Waals surface area contributed by atoms with Crippen molar-refractivity contribution in [1.29, 1.82) is 0 Å². The second-order valence-electron chi connectivity index (χ2n) is 9.41. The molecular formula is C24H29N3O3. The maximum atomic E-state index is 11.6. The number of benzene rings is 2. The van der Waals surface area contributed by atoms with Crippen LogP contribution in [-0.2, 0) is 21.6 Å². The maximum Gasteiger partial charge on any atom is 0.330 e. The van der Waals surface area contributed by atoms with E-state index in [2.05, 4.69) is 51.4 Å². The van der Waals surface area contributed by atoms with Gasteiger partial charge in [-0.15, -0.1) is 15.0 Å². The van der Waals surface area contributed by atoms with Crippen molar-refractivity contribution in [3.05, 3.63) is 60.2 Å². The summed E-state index contributed by atoms with van der Waals surface area (Å²) in [6.07, 6.45) is 2.03. The van der Waals surface area contributed by atoms with Gasteiger partial charge in [0.25, 0.3) is 0 Å². The summed E-state index contributed by atoms with van der Waals surface area (Å²) in [6, 6.07) is 11.3. The molecule has 30 heavy (non-hydrogen) atoms. The lowest BCUT2D eigenvalue weighted by atomic mass is 9.72. The summed E-state index contributed by atoms with van der Waals surface area (Å²) in [4.78, 5) is 13.0. The van der Waals surface area contributed by atoms with Crippen LogP contribution in [0.3, 0.4) is 0 Å². The Morgan fingerprint density at radius 3 is 2.27 bits per heavy atom. The molecule has 3 aromatic rings. The van der Waals surface area contributed by atoms with Crippen molar-refractivity contribution in [3.8, 4) is 11.4 Å². The minimum atomic E-state index is -0.543. The summed E-state index contributed by atoms with van der Waals surface area (Å²) in [5.74, 6) is -0.555. The number of ether oxygens (including phenoxy) is 1. The first kappa shape index (κ1) is 21.6. The summed E-state index contributed by atoms with van der Waals surface area (Å²) in [5, 5.41) is 20.0. The van der Waals surface area contributed by atoms with Gasteiger partial charge in [-0.2, -0.15) is 0 Å². The number of carbonyl (C=O) groups excluding carboxylic acids is 1. The van der Waals surface area contributed by atoms with Crippen LogP contribution in [0.1, 0.15) is 52.2 Å². The Morgan fingerprint density at radius 1 is 1.13 bits per heavy atom. The zero-order valence-corrected chi connectivity index (χ0v) is 18.3. The monoisotopic (exact) mass is 407 g/mol. The van der Waals surface area contributed by atoms with E-state index in [9.17, 15) is 9.90 Å². The van der Waals surface area contributed by atoms with E-state index in [1.165, 1.54) is 4.80 Å². The molecule has 1 N–H and O–H groups in total. The van der Waals surface area contributed by atoms with Gasteiger partial charge in [0.2, 0.25) is 0 Å². The van der Waals surface area contributed by atoms with Gasteiger partial charge in [0, 0.05) is 11.6 Å². The number of fused-ring (bicyclic) bond motifs is 1. The number of phenolic OH excluding ortho intramolecular Hbond substituents is 1. The van der Waals surface area contributed by atoms with E-state index in [1.54, 1.807) is 0 Å². The molecule has 0 atom stereocenters. The number of phenols is 1. The van der Waals surface area contributed by atoms with Crippen LogP contribution < -0.4 is 0 Å². The molecule has 0 aliphatic heterocycles. The number of hydrogen-bond acceptors (Lipinski definition) is 5. The standard InChI is InChI=1S/C24H29N3O3/c1-7-21(28)30-14-16-12-17(24(5,6)15-23(2,3)4)13-20(22(16)29)27-25-18-10-8-9-11-19(18)26-27/h7-13,29H,1,14-15H2,2-6H3. The number of nitrogens with zero attached hydrogens (tertiary/aromatic N) is 3. The molecule has 0 aliphatic carbocycles. The fraction of sp³-hybridized carbons (Fsp3) is 0.375. The van der Waals surface area contributed by atoms with Gasteiger partial charge >= 0.3 is 5.97 Å². The number of hydrogen-bond donors (Lipinski definition) is 1. The normalized spacial score (nSPS) is 12.2. The molecule has 0 saturated heterocycles. The van der Waals surface area contributed by atoms with Crippen molar-refractivity contribution in [2.75, 3.05) is 0 Å². The highest BCUT2D eigenvalue weighted by Gasteiger charge is 2.29. The van der Waals surface area contributed by atoms with Gasteiger partial charge < -0.3 is 9.84 Å². The molecule has 0 bridgehead atoms. The molecule has 6 nitrogen and oxygen atoms in total. The second kappa shape index (κ2) is 7.94. The molecule has 0 fully saturated rings. The van der Waals surface area contributed by atoms with Crippen molar-refractivity contribution in [1.82, 2.24) is 15.0 Å². The number of aromatic hydroxyl groups is 1. The van der Waals surface area contributed by atoms with E-state index >= 15 is 0 Å². The lowest BCUT2D eigenvalue weighted by molar-refractivity contribution is -0.139. The van der Waals surface area contributed by atoms with E-state index in [0.717, 1.165) is 29.1 Å². The zero-order valence-electron chi connectivity index (χ0n) is 18.3. The smallest absolute Gasteiger partial charge is 0.330 e. The fourth-order valence-electron chi connectivity index (χ4n) is 3.93. The van der Waals surface area contributed by atoms with Crippen molar-refractivity contribution in [2.45, 2.75) is 53.1 Å². The molecule has 0 unspecified atom stereocenters. The van der Waals surface area contributed by atoms with Gasteiger partial charge in [0.1, 0.15) is 29.1 Å². The molecule has 0 spiro atoms. The van der Waals surface area contributed by atoms with Crippen molar-refractivity contribution in [3.63, 3.8) is 0 Å². The highest BCUT2D eigenvalue weighted by molar-refractivity contribution is 5.81. The highest BCUT2D eigenvalue weighted by atomic mass is 16.5. The third-order valence-electron chi connectivity index (χ3n) is 4.96. The first-order valence-corrected chi connectivity index (χ1v) is 9.98. The third kappa shape index (κ3) is 4.70. The van der Waals surface area contributed by atoms with Gasteiger partial charge in [0.15, 0.2) is 0 Å². The van der Waals surface area contributed by atoms with E-state index in [-0.39, 0.29) is 23.2 Å². The molecule has 0 saturated carbocycles. The van der Waals surface area contributed by atoms with Gasteiger partial charge in [-0.05, 0) is 47.1 Å². The van der Waals surface area contributed by atoms with Crippen LogP contribution in [0, 0.1) is 5.41 Å². The predicted octanol–water partition coefficient (Wildman–Crippen LogP) is 5.07. The summed E-state index contributed by atoms with van der Waals surface area (Å²) in [6.45, 7) is 14.3. The molecule has 3 rings (SSSR count). The molecule has 158 valence electrons. The average molecular weight is 408 g/mol. The minimum Gasteiger partial charge on any atom is -0.505 e. The zero-order chi connectivity index (χ0) is 22.1. The SMILES string of the molecule is C=CC(=O)OCc1cc(C(C)(C)CC(C)(C)C)cc(-n2nc3ccccc3n2)c1O. The van der Waals surface area contributed by atoms with Crippen LogP contribution in [0.2, 0.25) is 0 Å². The summed E-state index contributed by atoms with van der Waals surface area (Å²) < 4.78 is 5.21. The molecule has 2 aromatic carbocycles. The molecule has 1 heterocycles. The Kier molecular flexibility index (Phi) is 5.70. The van der Waals surface area contributed by atoms with Crippen LogP contribution >= 0.6 is 0 Å². The largest absolute Gasteiger partial charge is 0.505 e. The lowest BCUT2D eigenvalue weighted by Crippen LogP contribution is -2.25. The molecule has 6 heteroatoms. The van der Waals surface area contributed by atoms with Crippen LogP contribution in [0.4, 0.5) is 0 Å². The molecule has 0 radical (unpaired) electrons. The van der Waals surface area contributed by atoms with Gasteiger partial charge in [-0.3, -0.25) is 0 Å². The minimum absolute atomic E-state index is 0.0116. The van der Waals surface area contributed by atoms with Crippen molar-refractivity contribution < 1.29 is 14.6 Å². The Balaban J connectivity index is 2.14. The Labute approximate surface area is 177 Å². The summed E-state index contributed by atoms with van der Waals surface area (Å²) in [7, 11) is 0. The quantitative estimate of drug-likeness (QED) is 0.456. The topological polar surface area (TPSA) is 77.2 Å². The van der Waals surface area contributed by atoms with Gasteiger partial charge in [-0.1, -0.05) is 53.3 Å². The fourth-order valence-corrected chi connectivity index (χ4v) is 3.93. The molecule has 0 aliphatic rings. The van der Waals surface area contributed by atoms with Crippen molar-refractivity contribution >= 4 is 17.0 Å². The number of carbonyl (C=O) groups is 1. The first-order chi connectivity index (χ1) is 14.0. The van der Waals surface area contributed by atoms with E-state index in [1.807, 2.05) is 36.4 Å². The van der Waals surface area contributed by atoms with E-state index in [4.69, 9.17) is 4.74 Å². The number of rotatable bonds is 6. The average Bonchev–Trinajstić information content (AvgIpc) is 3.08. The van der Waals surface area contributed by atoms with Gasteiger partial charge in [0.05, 0.1) is 0 Å². The number of esters is 1. The van der Waals surface area contributed by atoms with Crippen LogP contribution in [0.5, 0.6) is 5.75 Å². The summed E-state index contributed by atoms with van der Waals surface area (Å²) in [5.41, 5.74) is 3.35. The number of aromatic nitrogens is 3. The Bertz CT molecular complexity index is 1060. The van der Waals surface area contributed by atoms with Crippen molar-refractivity contribution in [2.24, 2.45) is 5.41 Å². The lowest BCUT2D eigenvalue weighted by Gasteiger charge is -2.33. The van der Waals surface area contributed by atoms with Crippen LogP contribution in [0.25, 0.3) is 16.7 Å². The Morgan fingerprint density at radius 2 is 1.73 bits per heavy atom. The van der Waals surface area contributed by atoms with Crippen LogP contribution in [-0.4, -0.2) is 26.1 Å². The highest BCUT2D eigenvalue weighted by Crippen LogP contribution is 2.40. The van der Waals surface area contributed by atoms with E-state index < -0.39 is 5.97 Å². The first-order valence-electron chi connectivity index (χ1n) is 9.98. The Hall–Kier alpha value is -3.15.